The molecule has 10 heteroatoms. The molecule has 2 aromatic heterocycles. The fraction of sp³-hybridized carbons (Fsp3) is 0.0769. The number of hydrogen-bond donors (Lipinski definition) is 1. The van der Waals surface area contributed by atoms with Crippen LogP contribution in [0.3, 0.4) is 0 Å². The van der Waals surface area contributed by atoms with Crippen LogP contribution >= 0.6 is 0 Å². The zero-order chi connectivity index (χ0) is 24.9. The molecule has 0 aliphatic heterocycles. The predicted octanol–water partition coefficient (Wildman–Crippen LogP) is 4.02. The number of carbonyl (C=O) groups is 1. The highest BCUT2D eigenvalue weighted by Gasteiger charge is 2.19. The minimum atomic E-state index is -0.543. The third-order valence-electron chi connectivity index (χ3n) is 5.73. The van der Waals surface area contributed by atoms with Crippen molar-refractivity contribution in [2.45, 2.75) is 13.1 Å². The Balaban J connectivity index is 1.32. The van der Waals surface area contributed by atoms with Gasteiger partial charge in [-0.3, -0.25) is 19.6 Å². The lowest BCUT2D eigenvalue weighted by Crippen LogP contribution is -2.23. The van der Waals surface area contributed by atoms with Crippen LogP contribution in [0.2, 0.25) is 0 Å². The fourth-order valence-electron chi connectivity index (χ4n) is 3.94. The largest absolute Gasteiger partial charge is 0.348 e. The molecule has 178 valence electrons. The first-order valence-corrected chi connectivity index (χ1v) is 11.1. The Morgan fingerprint density at radius 3 is 2.56 bits per heavy atom. The molecule has 0 unspecified atom stereocenters. The molecule has 1 N–H and O–H groups in total. The normalized spacial score (nSPS) is 10.8. The highest BCUT2D eigenvalue weighted by Crippen LogP contribution is 2.26. The molecule has 10 nitrogen and oxygen atoms in total. The molecule has 0 saturated heterocycles. The Morgan fingerprint density at radius 2 is 1.83 bits per heavy atom. The molecule has 0 aliphatic carbocycles. The van der Waals surface area contributed by atoms with E-state index in [9.17, 15) is 14.9 Å². The third kappa shape index (κ3) is 4.87. The maximum atomic E-state index is 12.9. The summed E-state index contributed by atoms with van der Waals surface area (Å²) in [7, 11) is 0. The zero-order valence-corrected chi connectivity index (χ0v) is 19.1. The van der Waals surface area contributed by atoms with Crippen LogP contribution < -0.4 is 5.32 Å². The van der Waals surface area contributed by atoms with E-state index < -0.39 is 10.8 Å². The number of benzene rings is 3. The van der Waals surface area contributed by atoms with Crippen LogP contribution in [-0.4, -0.2) is 35.4 Å². The van der Waals surface area contributed by atoms with E-state index in [1.54, 1.807) is 6.20 Å². The monoisotopic (exact) mass is 479 g/mol. The van der Waals surface area contributed by atoms with Crippen molar-refractivity contribution in [3.8, 4) is 16.8 Å². The topological polar surface area (TPSA) is 121 Å². The van der Waals surface area contributed by atoms with Gasteiger partial charge in [0.25, 0.3) is 11.6 Å². The van der Waals surface area contributed by atoms with Crippen LogP contribution in [0.4, 0.5) is 5.69 Å². The standard InChI is InChI=1S/C26H21N7O3/c34-26(21-10-11-24(25(14-21)33(35)36)32-18-27-17-30-32)28-15-22-4-1-2-5-23(22)20-8-6-19(7-9-20)16-31-13-3-12-29-31/h1-14,17-18H,15-16H2,(H,28,34). The molecule has 0 spiro atoms. The molecule has 0 aliphatic rings. The van der Waals surface area contributed by atoms with Gasteiger partial charge in [-0.25, -0.2) is 9.67 Å². The molecule has 0 saturated carbocycles. The van der Waals surface area contributed by atoms with Crippen molar-refractivity contribution in [3.05, 3.63) is 125 Å². The number of carbonyl (C=O) groups excluding carboxylic acids is 1. The number of hydrogen-bond acceptors (Lipinski definition) is 6. The predicted molar refractivity (Wildman–Crippen MR) is 132 cm³/mol. The lowest BCUT2D eigenvalue weighted by atomic mass is 9.98. The van der Waals surface area contributed by atoms with Gasteiger partial charge in [-0.15, -0.1) is 0 Å². The lowest BCUT2D eigenvalue weighted by molar-refractivity contribution is -0.384. The molecule has 0 atom stereocenters. The Morgan fingerprint density at radius 1 is 1.00 bits per heavy atom. The third-order valence-corrected chi connectivity index (χ3v) is 5.73. The summed E-state index contributed by atoms with van der Waals surface area (Å²) in [5.41, 5.74) is 4.27. The second-order valence-corrected chi connectivity index (χ2v) is 8.04. The van der Waals surface area contributed by atoms with Gasteiger partial charge >= 0.3 is 0 Å². The fourth-order valence-corrected chi connectivity index (χ4v) is 3.94. The molecule has 0 radical (unpaired) electrons. The van der Waals surface area contributed by atoms with Crippen LogP contribution in [0, 0.1) is 10.1 Å². The van der Waals surface area contributed by atoms with E-state index in [0.29, 0.717) is 6.54 Å². The zero-order valence-electron chi connectivity index (χ0n) is 19.1. The first-order valence-electron chi connectivity index (χ1n) is 11.1. The summed E-state index contributed by atoms with van der Waals surface area (Å²) in [5, 5.41) is 22.6. The van der Waals surface area contributed by atoms with Crippen LogP contribution in [0.25, 0.3) is 16.8 Å². The lowest BCUT2D eigenvalue weighted by Gasteiger charge is -2.12. The number of nitrogens with one attached hydrogen (secondary N) is 1. The molecule has 0 fully saturated rings. The molecule has 3 aromatic carbocycles. The summed E-state index contributed by atoms with van der Waals surface area (Å²) in [6, 6.07) is 22.2. The van der Waals surface area contributed by atoms with E-state index in [1.807, 2.05) is 53.3 Å². The maximum absolute atomic E-state index is 12.9. The number of nitro groups is 1. The number of nitrogens with zero attached hydrogens (tertiary/aromatic N) is 6. The van der Waals surface area contributed by atoms with Gasteiger partial charge in [0.15, 0.2) is 0 Å². The summed E-state index contributed by atoms with van der Waals surface area (Å²) in [5.74, 6) is -0.410. The molecule has 5 rings (SSSR count). The molecular formula is C26H21N7O3. The molecular weight excluding hydrogens is 458 g/mol. The molecule has 2 heterocycles. The average molecular weight is 480 g/mol. The summed E-state index contributed by atoms with van der Waals surface area (Å²) in [6.45, 7) is 0.954. The Hall–Kier alpha value is -5.12. The second kappa shape index (κ2) is 10.0. The van der Waals surface area contributed by atoms with Crippen LogP contribution in [0.1, 0.15) is 21.5 Å². The molecule has 1 amide bonds. The highest BCUT2D eigenvalue weighted by molar-refractivity contribution is 5.95. The smallest absolute Gasteiger partial charge is 0.295 e. The van der Waals surface area contributed by atoms with Gasteiger partial charge in [0, 0.05) is 30.6 Å². The van der Waals surface area contributed by atoms with E-state index in [2.05, 4.69) is 32.6 Å². The van der Waals surface area contributed by atoms with E-state index in [4.69, 9.17) is 0 Å². The number of rotatable bonds is 8. The minimum absolute atomic E-state index is 0.186. The maximum Gasteiger partial charge on any atom is 0.295 e. The Labute approximate surface area is 206 Å². The van der Waals surface area contributed by atoms with E-state index in [-0.39, 0.29) is 23.5 Å². The van der Waals surface area contributed by atoms with Gasteiger partial charge in [0.2, 0.25) is 0 Å². The van der Waals surface area contributed by atoms with Crippen molar-refractivity contribution in [2.24, 2.45) is 0 Å². The van der Waals surface area contributed by atoms with E-state index in [0.717, 1.165) is 22.3 Å². The number of nitro benzene ring substituents is 1. The van der Waals surface area contributed by atoms with Crippen LogP contribution in [0.5, 0.6) is 0 Å². The van der Waals surface area contributed by atoms with E-state index in [1.165, 1.54) is 35.5 Å². The van der Waals surface area contributed by atoms with E-state index >= 15 is 0 Å². The van der Waals surface area contributed by atoms with Crippen molar-refractivity contribution in [1.82, 2.24) is 29.9 Å². The summed E-state index contributed by atoms with van der Waals surface area (Å²) < 4.78 is 3.15. The van der Waals surface area contributed by atoms with Crippen molar-refractivity contribution in [1.29, 1.82) is 0 Å². The quantitative estimate of drug-likeness (QED) is 0.265. The van der Waals surface area contributed by atoms with Crippen molar-refractivity contribution >= 4 is 11.6 Å². The van der Waals surface area contributed by atoms with Gasteiger partial charge in [0.05, 0.1) is 11.5 Å². The highest BCUT2D eigenvalue weighted by atomic mass is 16.6. The van der Waals surface area contributed by atoms with Crippen molar-refractivity contribution in [2.75, 3.05) is 0 Å². The number of aromatic nitrogens is 5. The molecule has 0 bridgehead atoms. The van der Waals surface area contributed by atoms with Crippen LogP contribution in [0.15, 0.2) is 97.8 Å². The first kappa shape index (κ1) is 22.7. The number of amides is 1. The van der Waals surface area contributed by atoms with Gasteiger partial charge in [-0.2, -0.15) is 10.2 Å². The Kier molecular flexibility index (Phi) is 6.31. The SMILES string of the molecule is O=C(NCc1ccccc1-c1ccc(Cn2cccn2)cc1)c1ccc(-n2cncn2)c([N+](=O)[O-])c1. The molecule has 5 aromatic rings. The van der Waals surface area contributed by atoms with Gasteiger partial charge in [0.1, 0.15) is 18.3 Å². The average Bonchev–Trinajstić information content (AvgIpc) is 3.62. The summed E-state index contributed by atoms with van der Waals surface area (Å²) in [4.78, 5) is 27.7. The van der Waals surface area contributed by atoms with Crippen molar-refractivity contribution in [3.63, 3.8) is 0 Å². The summed E-state index contributed by atoms with van der Waals surface area (Å²) >= 11 is 0. The van der Waals surface area contributed by atoms with Gasteiger partial charge < -0.3 is 5.32 Å². The second-order valence-electron chi connectivity index (χ2n) is 8.04. The van der Waals surface area contributed by atoms with Crippen LogP contribution in [-0.2, 0) is 13.1 Å². The van der Waals surface area contributed by atoms with Gasteiger partial charge in [-0.05, 0) is 40.5 Å². The molecule has 36 heavy (non-hydrogen) atoms. The minimum Gasteiger partial charge on any atom is -0.348 e. The van der Waals surface area contributed by atoms with Gasteiger partial charge in [-0.1, -0.05) is 48.5 Å². The van der Waals surface area contributed by atoms with Crippen molar-refractivity contribution < 1.29 is 9.72 Å². The first-order chi connectivity index (χ1) is 17.6. The Bertz CT molecular complexity index is 1500. The summed E-state index contributed by atoms with van der Waals surface area (Å²) in [6.07, 6.45) is 6.32.